The number of pyridine rings is 1. The molecule has 94 valence electrons. The lowest BCUT2D eigenvalue weighted by Crippen LogP contribution is -2.40. The number of hydrogen-bond donors (Lipinski definition) is 1. The Morgan fingerprint density at radius 2 is 2.24 bits per heavy atom. The lowest BCUT2D eigenvalue weighted by molar-refractivity contribution is -0.122. The van der Waals surface area contributed by atoms with E-state index in [9.17, 15) is 4.79 Å². The van der Waals surface area contributed by atoms with Crippen LogP contribution in [0.3, 0.4) is 0 Å². The molecule has 1 heterocycles. The Morgan fingerprint density at radius 1 is 1.47 bits per heavy atom. The standard InChI is InChI=1S/C13H20N2OS/c1-4-5-9-15-12(16)13(2,3)17-11-8-6-7-10-14-11/h6-8,10H,4-5,9H2,1-3H3,(H,15,16). The average molecular weight is 252 g/mol. The number of aromatic nitrogens is 1. The summed E-state index contributed by atoms with van der Waals surface area (Å²) in [5.74, 6) is 0.0709. The third kappa shape index (κ3) is 4.77. The quantitative estimate of drug-likeness (QED) is 0.625. The summed E-state index contributed by atoms with van der Waals surface area (Å²) in [6.07, 6.45) is 3.86. The monoisotopic (exact) mass is 252 g/mol. The second-order valence-corrected chi connectivity index (χ2v) is 6.03. The van der Waals surface area contributed by atoms with Crippen LogP contribution in [0.25, 0.3) is 0 Å². The molecule has 0 spiro atoms. The van der Waals surface area contributed by atoms with Crippen molar-refractivity contribution >= 4 is 17.7 Å². The van der Waals surface area contributed by atoms with Gasteiger partial charge in [-0.2, -0.15) is 0 Å². The second-order valence-electron chi connectivity index (χ2n) is 4.39. The zero-order valence-corrected chi connectivity index (χ0v) is 11.5. The van der Waals surface area contributed by atoms with Crippen molar-refractivity contribution in [1.82, 2.24) is 10.3 Å². The first-order valence-corrected chi connectivity index (χ1v) is 6.76. The lowest BCUT2D eigenvalue weighted by atomic mass is 10.2. The van der Waals surface area contributed by atoms with E-state index in [4.69, 9.17) is 0 Å². The maximum atomic E-state index is 12.0. The molecule has 0 bridgehead atoms. The van der Waals surface area contributed by atoms with Gasteiger partial charge in [0.1, 0.15) is 0 Å². The summed E-state index contributed by atoms with van der Waals surface area (Å²) >= 11 is 1.49. The Labute approximate surface area is 107 Å². The molecule has 0 atom stereocenters. The van der Waals surface area contributed by atoms with Crippen LogP contribution in [-0.4, -0.2) is 22.2 Å². The van der Waals surface area contributed by atoms with Crippen molar-refractivity contribution in [3.05, 3.63) is 24.4 Å². The number of carbonyl (C=O) groups excluding carboxylic acids is 1. The van der Waals surface area contributed by atoms with E-state index in [2.05, 4.69) is 17.2 Å². The van der Waals surface area contributed by atoms with Gasteiger partial charge in [-0.15, -0.1) is 0 Å². The van der Waals surface area contributed by atoms with Crippen LogP contribution in [0.1, 0.15) is 33.6 Å². The molecule has 1 amide bonds. The normalized spacial score (nSPS) is 11.2. The van der Waals surface area contributed by atoms with Gasteiger partial charge < -0.3 is 5.32 Å². The molecule has 0 aliphatic carbocycles. The fourth-order valence-corrected chi connectivity index (χ4v) is 2.25. The summed E-state index contributed by atoms with van der Waals surface area (Å²) in [6.45, 7) is 6.71. The SMILES string of the molecule is CCCCNC(=O)C(C)(C)Sc1ccccn1. The van der Waals surface area contributed by atoms with Gasteiger partial charge in [-0.25, -0.2) is 4.98 Å². The predicted octanol–water partition coefficient (Wildman–Crippen LogP) is 2.87. The van der Waals surface area contributed by atoms with Gasteiger partial charge in [0.15, 0.2) is 0 Å². The van der Waals surface area contributed by atoms with Crippen LogP contribution < -0.4 is 5.32 Å². The highest BCUT2D eigenvalue weighted by Gasteiger charge is 2.28. The van der Waals surface area contributed by atoms with Crippen molar-refractivity contribution in [3.63, 3.8) is 0 Å². The maximum Gasteiger partial charge on any atom is 0.236 e. The maximum absolute atomic E-state index is 12.0. The molecule has 0 radical (unpaired) electrons. The molecular formula is C13H20N2OS. The van der Waals surface area contributed by atoms with Gasteiger partial charge in [-0.3, -0.25) is 4.79 Å². The Kier molecular flexibility index (Phi) is 5.48. The van der Waals surface area contributed by atoms with Gasteiger partial charge in [0.05, 0.1) is 9.77 Å². The summed E-state index contributed by atoms with van der Waals surface area (Å²) in [7, 11) is 0. The Bertz CT molecular complexity index is 352. The van der Waals surface area contributed by atoms with Gasteiger partial charge in [0, 0.05) is 12.7 Å². The van der Waals surface area contributed by atoms with Crippen LogP contribution in [0.2, 0.25) is 0 Å². The fourth-order valence-electron chi connectivity index (χ4n) is 1.31. The fraction of sp³-hybridized carbons (Fsp3) is 0.538. The molecule has 1 aromatic rings. The molecule has 0 aliphatic heterocycles. The average Bonchev–Trinajstić information content (AvgIpc) is 2.30. The lowest BCUT2D eigenvalue weighted by Gasteiger charge is -2.22. The van der Waals surface area contributed by atoms with E-state index in [-0.39, 0.29) is 5.91 Å². The first-order chi connectivity index (χ1) is 8.06. The molecule has 17 heavy (non-hydrogen) atoms. The van der Waals surface area contributed by atoms with Crippen molar-refractivity contribution in [2.24, 2.45) is 0 Å². The summed E-state index contributed by atoms with van der Waals surface area (Å²) in [5.41, 5.74) is 0. The van der Waals surface area contributed by atoms with Crippen LogP contribution in [0.4, 0.5) is 0 Å². The zero-order chi connectivity index (χ0) is 12.7. The predicted molar refractivity (Wildman–Crippen MR) is 72.1 cm³/mol. The number of rotatable bonds is 6. The molecule has 0 saturated carbocycles. The number of nitrogens with zero attached hydrogens (tertiary/aromatic N) is 1. The van der Waals surface area contributed by atoms with E-state index in [0.29, 0.717) is 0 Å². The van der Waals surface area contributed by atoms with Crippen molar-refractivity contribution in [2.75, 3.05) is 6.54 Å². The van der Waals surface area contributed by atoms with Gasteiger partial charge in [-0.05, 0) is 32.4 Å². The van der Waals surface area contributed by atoms with E-state index >= 15 is 0 Å². The third-order valence-corrected chi connectivity index (χ3v) is 3.51. The van der Waals surface area contributed by atoms with Crippen LogP contribution in [-0.2, 0) is 4.79 Å². The number of carbonyl (C=O) groups is 1. The molecule has 0 aromatic carbocycles. The van der Waals surface area contributed by atoms with Crippen molar-refractivity contribution in [2.45, 2.75) is 43.4 Å². The van der Waals surface area contributed by atoms with Gasteiger partial charge in [0.2, 0.25) is 5.91 Å². The highest BCUT2D eigenvalue weighted by molar-refractivity contribution is 8.01. The highest BCUT2D eigenvalue weighted by Crippen LogP contribution is 2.30. The molecular weight excluding hydrogens is 232 g/mol. The molecule has 3 nitrogen and oxygen atoms in total. The van der Waals surface area contributed by atoms with Crippen LogP contribution in [0.5, 0.6) is 0 Å². The first-order valence-electron chi connectivity index (χ1n) is 5.94. The van der Waals surface area contributed by atoms with E-state index < -0.39 is 4.75 Å². The van der Waals surface area contributed by atoms with E-state index in [0.717, 1.165) is 24.4 Å². The Balaban J connectivity index is 2.52. The van der Waals surface area contributed by atoms with Gasteiger partial charge >= 0.3 is 0 Å². The molecule has 0 fully saturated rings. The smallest absolute Gasteiger partial charge is 0.236 e. The molecule has 1 aromatic heterocycles. The molecule has 0 aliphatic rings. The Hall–Kier alpha value is -1.03. The minimum absolute atomic E-state index is 0.0709. The molecule has 0 saturated heterocycles. The summed E-state index contributed by atoms with van der Waals surface area (Å²) in [5, 5.41) is 3.83. The molecule has 4 heteroatoms. The van der Waals surface area contributed by atoms with Crippen LogP contribution >= 0.6 is 11.8 Å². The topological polar surface area (TPSA) is 42.0 Å². The highest BCUT2D eigenvalue weighted by atomic mass is 32.2. The van der Waals surface area contributed by atoms with Gasteiger partial charge in [0.25, 0.3) is 0 Å². The summed E-state index contributed by atoms with van der Waals surface area (Å²) < 4.78 is -0.484. The minimum atomic E-state index is -0.484. The minimum Gasteiger partial charge on any atom is -0.355 e. The third-order valence-electron chi connectivity index (χ3n) is 2.36. The van der Waals surface area contributed by atoms with Crippen LogP contribution in [0.15, 0.2) is 29.4 Å². The van der Waals surface area contributed by atoms with Crippen molar-refractivity contribution in [1.29, 1.82) is 0 Å². The molecule has 1 rings (SSSR count). The number of unbranched alkanes of at least 4 members (excludes halogenated alkanes) is 1. The molecule has 1 N–H and O–H groups in total. The van der Waals surface area contributed by atoms with Gasteiger partial charge in [-0.1, -0.05) is 31.2 Å². The first kappa shape index (κ1) is 14.0. The van der Waals surface area contributed by atoms with E-state index in [1.54, 1.807) is 6.20 Å². The zero-order valence-electron chi connectivity index (χ0n) is 10.7. The van der Waals surface area contributed by atoms with Crippen LogP contribution in [0, 0.1) is 0 Å². The number of thioether (sulfide) groups is 1. The largest absolute Gasteiger partial charge is 0.355 e. The number of nitrogens with one attached hydrogen (secondary N) is 1. The number of hydrogen-bond acceptors (Lipinski definition) is 3. The summed E-state index contributed by atoms with van der Waals surface area (Å²) in [4.78, 5) is 16.2. The van der Waals surface area contributed by atoms with E-state index in [1.165, 1.54) is 11.8 Å². The van der Waals surface area contributed by atoms with Crippen molar-refractivity contribution < 1.29 is 4.79 Å². The van der Waals surface area contributed by atoms with E-state index in [1.807, 2.05) is 32.0 Å². The van der Waals surface area contributed by atoms with Crippen molar-refractivity contribution in [3.8, 4) is 0 Å². The summed E-state index contributed by atoms with van der Waals surface area (Å²) in [6, 6.07) is 5.73. The molecule has 0 unspecified atom stereocenters. The second kappa shape index (κ2) is 6.64. The Morgan fingerprint density at radius 3 is 2.82 bits per heavy atom. The number of amides is 1.